The van der Waals surface area contributed by atoms with Crippen LogP contribution in [0.3, 0.4) is 0 Å². The number of nitro benzene ring substituents is 1. The second-order valence-electron chi connectivity index (χ2n) is 5.25. The van der Waals surface area contributed by atoms with Gasteiger partial charge in [0.25, 0.3) is 5.69 Å². The van der Waals surface area contributed by atoms with Gasteiger partial charge in [0.2, 0.25) is 5.95 Å². The number of rotatable bonds is 3. The van der Waals surface area contributed by atoms with Crippen molar-refractivity contribution < 1.29 is 10.0 Å². The Morgan fingerprint density at radius 3 is 3.05 bits per heavy atom. The Morgan fingerprint density at radius 1 is 1.60 bits per heavy atom. The first kappa shape index (κ1) is 12.9. The largest absolute Gasteiger partial charge is 0.393 e. The fraction of sp³-hybridized carbons (Fsp3) is 0.462. The van der Waals surface area contributed by atoms with E-state index in [1.165, 1.54) is 12.1 Å². The molecule has 0 bridgehead atoms. The summed E-state index contributed by atoms with van der Waals surface area (Å²) in [5, 5.41) is 20.4. The third kappa shape index (κ3) is 2.20. The number of aromatic amines is 1. The summed E-state index contributed by atoms with van der Waals surface area (Å²) < 4.78 is 0. The molecule has 0 radical (unpaired) electrons. The van der Waals surface area contributed by atoms with Gasteiger partial charge in [0.1, 0.15) is 0 Å². The van der Waals surface area contributed by atoms with Crippen LogP contribution in [0.25, 0.3) is 11.0 Å². The second-order valence-corrected chi connectivity index (χ2v) is 5.25. The van der Waals surface area contributed by atoms with E-state index in [-0.39, 0.29) is 17.7 Å². The van der Waals surface area contributed by atoms with Crippen LogP contribution in [-0.4, -0.2) is 39.2 Å². The number of nitrogens with one attached hydrogen (secondary N) is 1. The molecule has 1 aromatic heterocycles. The number of nitrogens with zero attached hydrogens (tertiary/aromatic N) is 3. The average Bonchev–Trinajstić information content (AvgIpc) is 3.04. The monoisotopic (exact) mass is 276 g/mol. The van der Waals surface area contributed by atoms with Crippen molar-refractivity contribution in [3.05, 3.63) is 28.3 Å². The zero-order valence-corrected chi connectivity index (χ0v) is 11.1. The van der Waals surface area contributed by atoms with E-state index in [1.807, 2.05) is 0 Å². The summed E-state index contributed by atoms with van der Waals surface area (Å²) in [6.07, 6.45) is 0.597. The minimum Gasteiger partial charge on any atom is -0.393 e. The number of H-pyrrole nitrogens is 1. The van der Waals surface area contributed by atoms with Gasteiger partial charge in [0.15, 0.2) is 0 Å². The Kier molecular flexibility index (Phi) is 3.06. The van der Waals surface area contributed by atoms with Crippen LogP contribution in [0.15, 0.2) is 18.2 Å². The smallest absolute Gasteiger partial charge is 0.271 e. The first-order valence-corrected chi connectivity index (χ1v) is 6.62. The highest BCUT2D eigenvalue weighted by atomic mass is 16.6. The molecule has 1 aliphatic rings. The van der Waals surface area contributed by atoms with Crippen molar-refractivity contribution in [2.45, 2.75) is 19.4 Å². The van der Waals surface area contributed by atoms with E-state index in [0.717, 1.165) is 19.5 Å². The van der Waals surface area contributed by atoms with E-state index >= 15 is 0 Å². The molecule has 1 aromatic carbocycles. The normalized spacial score (nSPS) is 20.5. The van der Waals surface area contributed by atoms with E-state index in [1.54, 1.807) is 13.0 Å². The van der Waals surface area contributed by atoms with Crippen molar-refractivity contribution in [3.8, 4) is 0 Å². The first-order valence-electron chi connectivity index (χ1n) is 6.62. The molecule has 2 aromatic rings. The van der Waals surface area contributed by atoms with Crippen LogP contribution < -0.4 is 4.90 Å². The number of nitro groups is 1. The predicted octanol–water partition coefficient (Wildman–Crippen LogP) is 1.68. The molecule has 2 N–H and O–H groups in total. The summed E-state index contributed by atoms with van der Waals surface area (Å²) in [7, 11) is 0. The van der Waals surface area contributed by atoms with Crippen LogP contribution in [0.5, 0.6) is 0 Å². The molecule has 1 fully saturated rings. The molecule has 3 rings (SSSR count). The molecule has 1 aliphatic heterocycles. The third-order valence-corrected chi connectivity index (χ3v) is 3.87. The lowest BCUT2D eigenvalue weighted by atomic mass is 10.0. The zero-order valence-electron chi connectivity index (χ0n) is 11.1. The van der Waals surface area contributed by atoms with Gasteiger partial charge in [-0.2, -0.15) is 0 Å². The Hall–Kier alpha value is -2.15. The average molecular weight is 276 g/mol. The number of aliphatic hydroxyl groups excluding tert-OH is 1. The van der Waals surface area contributed by atoms with Gasteiger partial charge in [0.05, 0.1) is 22.1 Å². The Bertz CT molecular complexity index is 652. The van der Waals surface area contributed by atoms with E-state index in [9.17, 15) is 15.2 Å². The molecular weight excluding hydrogens is 260 g/mol. The number of benzene rings is 1. The summed E-state index contributed by atoms with van der Waals surface area (Å²) in [6, 6.07) is 4.60. The lowest BCUT2D eigenvalue weighted by Gasteiger charge is -2.16. The first-order chi connectivity index (χ1) is 9.54. The molecule has 7 nitrogen and oxygen atoms in total. The van der Waals surface area contributed by atoms with Crippen molar-refractivity contribution in [2.24, 2.45) is 5.92 Å². The van der Waals surface area contributed by atoms with E-state index in [0.29, 0.717) is 17.0 Å². The minimum atomic E-state index is -0.417. The van der Waals surface area contributed by atoms with Crippen molar-refractivity contribution >= 4 is 22.7 Å². The van der Waals surface area contributed by atoms with E-state index in [2.05, 4.69) is 14.9 Å². The number of non-ortho nitro benzene ring substituents is 1. The predicted molar refractivity (Wildman–Crippen MR) is 74.7 cm³/mol. The van der Waals surface area contributed by atoms with Crippen molar-refractivity contribution in [2.75, 3.05) is 18.0 Å². The minimum absolute atomic E-state index is 0.0518. The van der Waals surface area contributed by atoms with Gasteiger partial charge >= 0.3 is 0 Å². The number of anilines is 1. The van der Waals surface area contributed by atoms with Crippen molar-refractivity contribution in [1.29, 1.82) is 0 Å². The molecule has 0 saturated carbocycles. The highest BCUT2D eigenvalue weighted by molar-refractivity contribution is 5.80. The van der Waals surface area contributed by atoms with Gasteiger partial charge in [-0.25, -0.2) is 4.98 Å². The highest BCUT2D eigenvalue weighted by Crippen LogP contribution is 2.27. The van der Waals surface area contributed by atoms with Crippen LogP contribution in [0.4, 0.5) is 11.6 Å². The molecule has 2 unspecified atom stereocenters. The van der Waals surface area contributed by atoms with Gasteiger partial charge in [-0.15, -0.1) is 0 Å². The fourth-order valence-electron chi connectivity index (χ4n) is 2.62. The molecule has 2 heterocycles. The maximum Gasteiger partial charge on any atom is 0.271 e. The Morgan fingerprint density at radius 2 is 2.40 bits per heavy atom. The molecular formula is C13H16N4O3. The maximum atomic E-state index is 10.8. The number of fused-ring (bicyclic) bond motifs is 1. The standard InChI is InChI=1S/C13H16N4O3/c1-8(18)9-4-5-16(7-9)13-14-11-3-2-10(17(19)20)6-12(11)15-13/h2-3,6,8-9,18H,4-5,7H2,1H3,(H,14,15). The van der Waals surface area contributed by atoms with Gasteiger partial charge < -0.3 is 15.0 Å². The number of hydrogen-bond acceptors (Lipinski definition) is 5. The molecule has 0 aliphatic carbocycles. The SMILES string of the molecule is CC(O)C1CCN(c2nc3ccc([N+](=O)[O-])cc3[nH]2)C1. The van der Waals surface area contributed by atoms with Gasteiger partial charge in [-0.3, -0.25) is 10.1 Å². The number of imidazole rings is 1. The topological polar surface area (TPSA) is 95.3 Å². The van der Waals surface area contributed by atoms with Gasteiger partial charge in [0, 0.05) is 31.1 Å². The van der Waals surface area contributed by atoms with Crippen LogP contribution in [0.2, 0.25) is 0 Å². The summed E-state index contributed by atoms with van der Waals surface area (Å²) in [5.41, 5.74) is 1.43. The van der Waals surface area contributed by atoms with Crippen LogP contribution in [0.1, 0.15) is 13.3 Å². The summed E-state index contributed by atoms with van der Waals surface area (Å²) >= 11 is 0. The molecule has 20 heavy (non-hydrogen) atoms. The molecule has 1 saturated heterocycles. The van der Waals surface area contributed by atoms with Crippen molar-refractivity contribution in [3.63, 3.8) is 0 Å². The van der Waals surface area contributed by atoms with Gasteiger partial charge in [-0.1, -0.05) is 0 Å². The summed E-state index contributed by atoms with van der Waals surface area (Å²) in [4.78, 5) is 20.0. The maximum absolute atomic E-state index is 10.8. The lowest BCUT2D eigenvalue weighted by molar-refractivity contribution is -0.384. The van der Waals surface area contributed by atoms with Crippen LogP contribution in [-0.2, 0) is 0 Å². The number of aliphatic hydroxyl groups is 1. The summed E-state index contributed by atoms with van der Waals surface area (Å²) in [5.74, 6) is 0.959. The Balaban J connectivity index is 1.88. The second kappa shape index (κ2) is 4.75. The summed E-state index contributed by atoms with van der Waals surface area (Å²) in [6.45, 7) is 3.38. The third-order valence-electron chi connectivity index (χ3n) is 3.87. The van der Waals surface area contributed by atoms with Crippen molar-refractivity contribution in [1.82, 2.24) is 9.97 Å². The van der Waals surface area contributed by atoms with Crippen LogP contribution in [0, 0.1) is 16.0 Å². The molecule has 0 spiro atoms. The lowest BCUT2D eigenvalue weighted by Crippen LogP contribution is -2.24. The molecule has 2 atom stereocenters. The number of aromatic nitrogens is 2. The van der Waals surface area contributed by atoms with Crippen LogP contribution >= 0.6 is 0 Å². The fourth-order valence-corrected chi connectivity index (χ4v) is 2.62. The molecule has 106 valence electrons. The quantitative estimate of drug-likeness (QED) is 0.657. The molecule has 7 heteroatoms. The zero-order chi connectivity index (χ0) is 14.3. The molecule has 0 amide bonds. The number of hydrogen-bond donors (Lipinski definition) is 2. The Labute approximate surface area is 115 Å². The van der Waals surface area contributed by atoms with E-state index < -0.39 is 4.92 Å². The van der Waals surface area contributed by atoms with E-state index in [4.69, 9.17) is 0 Å². The van der Waals surface area contributed by atoms with Gasteiger partial charge in [-0.05, 0) is 19.4 Å². The highest BCUT2D eigenvalue weighted by Gasteiger charge is 2.27.